The number of halogens is 3. The van der Waals surface area contributed by atoms with Gasteiger partial charge in [-0.05, 0) is 29.8 Å². The lowest BCUT2D eigenvalue weighted by molar-refractivity contribution is -0.384. The van der Waals surface area contributed by atoms with Gasteiger partial charge in [-0.3, -0.25) is 10.1 Å². The van der Waals surface area contributed by atoms with Crippen LogP contribution < -0.4 is 0 Å². The molecule has 0 atom stereocenters. The number of nitro groups is 1. The molecule has 0 aliphatic carbocycles. The number of nitrogens with zero attached hydrogens (tertiary/aromatic N) is 2. The van der Waals surface area contributed by atoms with Crippen LogP contribution in [-0.4, -0.2) is 16.8 Å². The van der Waals surface area contributed by atoms with Crippen LogP contribution >= 0.6 is 34.8 Å². The molecule has 1 aliphatic heterocycles. The molecule has 0 N–H and O–H groups in total. The molecule has 2 aromatic rings. The van der Waals surface area contributed by atoms with Crippen LogP contribution in [0.5, 0.6) is 0 Å². The Morgan fingerprint density at radius 1 is 1.12 bits per heavy atom. The summed E-state index contributed by atoms with van der Waals surface area (Å²) in [5.74, 6) is -0.766. The molecule has 0 amide bonds. The van der Waals surface area contributed by atoms with E-state index in [2.05, 4.69) is 4.99 Å². The van der Waals surface area contributed by atoms with Crippen molar-refractivity contribution in [2.75, 3.05) is 0 Å². The standard InChI is InChI=1S/C16H7Cl3N2O4/c17-10-5-4-9(7-13(10)21(23)24)15-20-12(16(22)25-15)6-8-2-1-3-11(18)14(8)19/h1-7H/b12-6+. The van der Waals surface area contributed by atoms with E-state index in [4.69, 9.17) is 39.5 Å². The molecular weight excluding hydrogens is 391 g/mol. The van der Waals surface area contributed by atoms with E-state index < -0.39 is 10.9 Å². The summed E-state index contributed by atoms with van der Waals surface area (Å²) >= 11 is 17.8. The van der Waals surface area contributed by atoms with Gasteiger partial charge in [0, 0.05) is 11.6 Å². The Bertz CT molecular complexity index is 970. The molecule has 1 heterocycles. The monoisotopic (exact) mass is 396 g/mol. The van der Waals surface area contributed by atoms with E-state index in [0.717, 1.165) is 0 Å². The van der Waals surface area contributed by atoms with E-state index >= 15 is 0 Å². The van der Waals surface area contributed by atoms with E-state index in [1.54, 1.807) is 18.2 Å². The summed E-state index contributed by atoms with van der Waals surface area (Å²) in [5.41, 5.74) is 0.434. The second-order valence-corrected chi connectivity index (χ2v) is 6.09. The summed E-state index contributed by atoms with van der Waals surface area (Å²) < 4.78 is 5.08. The first-order chi connectivity index (χ1) is 11.9. The molecule has 0 saturated carbocycles. The zero-order valence-electron chi connectivity index (χ0n) is 12.2. The van der Waals surface area contributed by atoms with Crippen molar-refractivity contribution in [3.63, 3.8) is 0 Å². The Kier molecular flexibility index (Phi) is 4.76. The lowest BCUT2D eigenvalue weighted by Gasteiger charge is -2.00. The van der Waals surface area contributed by atoms with Crippen molar-refractivity contribution in [1.29, 1.82) is 0 Å². The molecule has 126 valence electrons. The average Bonchev–Trinajstić information content (AvgIpc) is 2.93. The predicted molar refractivity (Wildman–Crippen MR) is 95.2 cm³/mol. The average molecular weight is 398 g/mol. The molecule has 2 aromatic carbocycles. The topological polar surface area (TPSA) is 81.8 Å². The van der Waals surface area contributed by atoms with Gasteiger partial charge in [0.25, 0.3) is 5.69 Å². The number of rotatable bonds is 3. The number of benzene rings is 2. The zero-order valence-corrected chi connectivity index (χ0v) is 14.5. The third-order valence-electron chi connectivity index (χ3n) is 3.28. The van der Waals surface area contributed by atoms with Gasteiger partial charge in [0.05, 0.1) is 15.0 Å². The molecule has 1 aliphatic rings. The maximum atomic E-state index is 12.0. The third kappa shape index (κ3) is 3.51. The largest absolute Gasteiger partial charge is 0.402 e. The summed E-state index contributed by atoms with van der Waals surface area (Å²) in [6, 6.07) is 8.94. The van der Waals surface area contributed by atoms with Crippen LogP contribution in [0.25, 0.3) is 6.08 Å². The highest BCUT2D eigenvalue weighted by Crippen LogP contribution is 2.30. The van der Waals surface area contributed by atoms with Gasteiger partial charge in [-0.25, -0.2) is 9.79 Å². The number of aliphatic imine (C=N–C) groups is 1. The van der Waals surface area contributed by atoms with Crippen LogP contribution in [0.1, 0.15) is 11.1 Å². The van der Waals surface area contributed by atoms with E-state index in [9.17, 15) is 14.9 Å². The van der Waals surface area contributed by atoms with Gasteiger partial charge in [-0.2, -0.15) is 0 Å². The van der Waals surface area contributed by atoms with Crippen molar-refractivity contribution in [3.8, 4) is 0 Å². The lowest BCUT2D eigenvalue weighted by Crippen LogP contribution is -2.06. The summed E-state index contributed by atoms with van der Waals surface area (Å²) in [6.45, 7) is 0. The molecular formula is C16H7Cl3N2O4. The van der Waals surface area contributed by atoms with Gasteiger partial charge in [0.1, 0.15) is 5.02 Å². The number of hydrogen-bond acceptors (Lipinski definition) is 5. The molecule has 0 fully saturated rings. The Hall–Kier alpha value is -2.41. The molecule has 0 saturated heterocycles. The number of esters is 1. The first-order valence-corrected chi connectivity index (χ1v) is 7.91. The number of nitro benzene ring substituents is 1. The highest BCUT2D eigenvalue weighted by Gasteiger charge is 2.26. The Balaban J connectivity index is 2.01. The molecule has 6 nitrogen and oxygen atoms in total. The Morgan fingerprint density at radius 3 is 2.60 bits per heavy atom. The number of carbonyl (C=O) groups is 1. The van der Waals surface area contributed by atoms with E-state index in [1.807, 2.05) is 0 Å². The van der Waals surface area contributed by atoms with Crippen LogP contribution in [0.4, 0.5) is 5.69 Å². The third-order valence-corrected chi connectivity index (χ3v) is 4.44. The first kappa shape index (κ1) is 17.4. The quantitative estimate of drug-likeness (QED) is 0.319. The van der Waals surface area contributed by atoms with Crippen molar-refractivity contribution in [3.05, 3.63) is 78.4 Å². The fourth-order valence-electron chi connectivity index (χ4n) is 2.10. The molecule has 0 unspecified atom stereocenters. The van der Waals surface area contributed by atoms with Gasteiger partial charge < -0.3 is 4.74 Å². The molecule has 25 heavy (non-hydrogen) atoms. The Morgan fingerprint density at radius 2 is 1.88 bits per heavy atom. The minimum atomic E-state index is -0.705. The van der Waals surface area contributed by atoms with Gasteiger partial charge in [0.15, 0.2) is 5.70 Å². The zero-order chi connectivity index (χ0) is 18.1. The molecule has 0 aromatic heterocycles. The first-order valence-electron chi connectivity index (χ1n) is 6.77. The van der Waals surface area contributed by atoms with Crippen molar-refractivity contribution < 1.29 is 14.5 Å². The number of ether oxygens (including phenoxy) is 1. The van der Waals surface area contributed by atoms with Gasteiger partial charge in [0.2, 0.25) is 5.90 Å². The molecule has 0 bridgehead atoms. The van der Waals surface area contributed by atoms with Crippen LogP contribution in [0.3, 0.4) is 0 Å². The van der Waals surface area contributed by atoms with Crippen LogP contribution in [0.15, 0.2) is 47.1 Å². The lowest BCUT2D eigenvalue weighted by atomic mass is 10.2. The molecule has 0 radical (unpaired) electrons. The molecule has 0 spiro atoms. The second kappa shape index (κ2) is 6.84. The number of carbonyl (C=O) groups excluding carboxylic acids is 1. The summed E-state index contributed by atoms with van der Waals surface area (Å²) in [6.07, 6.45) is 1.42. The highest BCUT2D eigenvalue weighted by molar-refractivity contribution is 6.43. The fourth-order valence-corrected chi connectivity index (χ4v) is 2.65. The van der Waals surface area contributed by atoms with Crippen LogP contribution in [0.2, 0.25) is 15.1 Å². The maximum Gasteiger partial charge on any atom is 0.363 e. The minimum Gasteiger partial charge on any atom is -0.402 e. The summed E-state index contributed by atoms with van der Waals surface area (Å²) in [5, 5.41) is 11.5. The minimum absolute atomic E-state index is 0.00299. The van der Waals surface area contributed by atoms with Crippen molar-refractivity contribution >= 4 is 58.4 Å². The SMILES string of the molecule is O=C1OC(c2ccc(Cl)c([N+](=O)[O-])c2)=N/C1=C/c1cccc(Cl)c1Cl. The van der Waals surface area contributed by atoms with E-state index in [-0.39, 0.29) is 32.9 Å². The van der Waals surface area contributed by atoms with Crippen molar-refractivity contribution in [1.82, 2.24) is 0 Å². The predicted octanol–water partition coefficient (Wildman–Crippen LogP) is 4.90. The Labute approximate surface area is 156 Å². The molecule has 3 rings (SSSR count). The maximum absolute atomic E-state index is 12.0. The fraction of sp³-hybridized carbons (Fsp3) is 0. The van der Waals surface area contributed by atoms with Crippen LogP contribution in [-0.2, 0) is 9.53 Å². The number of cyclic esters (lactones) is 1. The summed E-state index contributed by atoms with van der Waals surface area (Å²) in [4.78, 5) is 26.4. The van der Waals surface area contributed by atoms with Crippen molar-refractivity contribution in [2.45, 2.75) is 0 Å². The number of hydrogen-bond donors (Lipinski definition) is 0. The second-order valence-electron chi connectivity index (χ2n) is 4.90. The van der Waals surface area contributed by atoms with Crippen LogP contribution in [0, 0.1) is 10.1 Å². The van der Waals surface area contributed by atoms with Crippen molar-refractivity contribution in [2.24, 2.45) is 4.99 Å². The normalized spacial score (nSPS) is 15.2. The van der Waals surface area contributed by atoms with Gasteiger partial charge >= 0.3 is 5.97 Å². The highest BCUT2D eigenvalue weighted by atomic mass is 35.5. The van der Waals surface area contributed by atoms with E-state index in [0.29, 0.717) is 10.6 Å². The smallest absolute Gasteiger partial charge is 0.363 e. The summed E-state index contributed by atoms with van der Waals surface area (Å²) in [7, 11) is 0. The van der Waals surface area contributed by atoms with Gasteiger partial charge in [-0.1, -0.05) is 46.9 Å². The van der Waals surface area contributed by atoms with Gasteiger partial charge in [-0.15, -0.1) is 0 Å². The molecule has 9 heteroatoms. The van der Waals surface area contributed by atoms with E-state index in [1.165, 1.54) is 24.3 Å².